The van der Waals surface area contributed by atoms with E-state index in [1.807, 2.05) is 50.2 Å². The number of halogens is 1. The fourth-order valence-electron chi connectivity index (χ4n) is 3.07. The van der Waals surface area contributed by atoms with Crippen molar-refractivity contribution < 1.29 is 9.59 Å². The van der Waals surface area contributed by atoms with Gasteiger partial charge in [0.1, 0.15) is 0 Å². The Labute approximate surface area is 150 Å². The van der Waals surface area contributed by atoms with Crippen molar-refractivity contribution in [1.82, 2.24) is 0 Å². The third kappa shape index (κ3) is 3.67. The van der Waals surface area contributed by atoms with Crippen LogP contribution in [0.2, 0.25) is 0 Å². The molecule has 2 aromatic rings. The Bertz CT molecular complexity index is 783. The third-order valence-electron chi connectivity index (χ3n) is 4.10. The monoisotopic (exact) mass is 386 g/mol. The molecule has 1 atom stereocenters. The Morgan fingerprint density at radius 1 is 1.17 bits per heavy atom. The van der Waals surface area contributed by atoms with Gasteiger partial charge in [0, 0.05) is 28.8 Å². The van der Waals surface area contributed by atoms with Crippen LogP contribution < -0.4 is 10.2 Å². The number of nitrogens with zero attached hydrogens (tertiary/aromatic N) is 1. The summed E-state index contributed by atoms with van der Waals surface area (Å²) in [6, 6.07) is 13.5. The van der Waals surface area contributed by atoms with Gasteiger partial charge in [-0.1, -0.05) is 28.1 Å². The van der Waals surface area contributed by atoms with E-state index in [1.54, 1.807) is 4.90 Å². The van der Waals surface area contributed by atoms with E-state index < -0.39 is 0 Å². The lowest BCUT2D eigenvalue weighted by Crippen LogP contribution is -2.28. The van der Waals surface area contributed by atoms with E-state index in [1.165, 1.54) is 0 Å². The Balaban J connectivity index is 1.72. The molecule has 0 aliphatic carbocycles. The number of carbonyl (C=O) groups excluding carboxylic acids is 2. The molecule has 4 nitrogen and oxygen atoms in total. The zero-order valence-corrected chi connectivity index (χ0v) is 15.3. The van der Waals surface area contributed by atoms with Crippen LogP contribution in [0, 0.1) is 19.8 Å². The molecule has 1 aliphatic heterocycles. The molecule has 1 aliphatic rings. The summed E-state index contributed by atoms with van der Waals surface area (Å²) >= 11 is 3.41. The lowest BCUT2D eigenvalue weighted by molar-refractivity contribution is -0.122. The van der Waals surface area contributed by atoms with E-state index in [0.717, 1.165) is 27.0 Å². The summed E-state index contributed by atoms with van der Waals surface area (Å²) in [5.74, 6) is -0.461. The van der Waals surface area contributed by atoms with Crippen molar-refractivity contribution in [3.8, 4) is 0 Å². The van der Waals surface area contributed by atoms with Crippen molar-refractivity contribution in [2.45, 2.75) is 20.3 Å². The summed E-state index contributed by atoms with van der Waals surface area (Å²) in [4.78, 5) is 26.5. The SMILES string of the molecule is Cc1cc(C)cc(NC(=O)C2CC(=O)N(c3cccc(Br)c3)C2)c1. The summed E-state index contributed by atoms with van der Waals surface area (Å²) in [5.41, 5.74) is 3.80. The van der Waals surface area contributed by atoms with Crippen molar-refractivity contribution in [1.29, 1.82) is 0 Å². The largest absolute Gasteiger partial charge is 0.326 e. The summed E-state index contributed by atoms with van der Waals surface area (Å²) in [6.07, 6.45) is 0.239. The van der Waals surface area contributed by atoms with Crippen molar-refractivity contribution in [3.63, 3.8) is 0 Å². The van der Waals surface area contributed by atoms with Gasteiger partial charge in [-0.15, -0.1) is 0 Å². The average Bonchev–Trinajstić information content (AvgIpc) is 2.88. The number of aryl methyl sites for hydroxylation is 2. The van der Waals surface area contributed by atoms with Crippen LogP contribution in [0.25, 0.3) is 0 Å². The number of benzene rings is 2. The summed E-state index contributed by atoms with van der Waals surface area (Å²) in [5, 5.41) is 2.94. The normalized spacial score (nSPS) is 17.2. The van der Waals surface area contributed by atoms with Gasteiger partial charge in [0.15, 0.2) is 0 Å². The van der Waals surface area contributed by atoms with Crippen LogP contribution in [0.1, 0.15) is 17.5 Å². The minimum atomic E-state index is -0.336. The highest BCUT2D eigenvalue weighted by Gasteiger charge is 2.35. The van der Waals surface area contributed by atoms with Crippen LogP contribution >= 0.6 is 15.9 Å². The smallest absolute Gasteiger partial charge is 0.229 e. The van der Waals surface area contributed by atoms with Gasteiger partial charge in [-0.25, -0.2) is 0 Å². The quantitative estimate of drug-likeness (QED) is 0.864. The van der Waals surface area contributed by atoms with Crippen LogP contribution in [0.4, 0.5) is 11.4 Å². The molecule has 1 fully saturated rings. The van der Waals surface area contributed by atoms with Crippen LogP contribution in [0.15, 0.2) is 46.9 Å². The second kappa shape index (κ2) is 6.77. The van der Waals surface area contributed by atoms with E-state index >= 15 is 0 Å². The molecule has 0 bridgehead atoms. The Morgan fingerprint density at radius 2 is 1.88 bits per heavy atom. The molecule has 0 saturated carbocycles. The molecule has 1 saturated heterocycles. The molecular formula is C19H19BrN2O2. The predicted octanol–water partition coefficient (Wildman–Crippen LogP) is 4.06. The molecule has 0 radical (unpaired) electrons. The van der Waals surface area contributed by atoms with Gasteiger partial charge in [-0.2, -0.15) is 0 Å². The van der Waals surface area contributed by atoms with Crippen molar-refractivity contribution in [2.75, 3.05) is 16.8 Å². The zero-order valence-electron chi connectivity index (χ0n) is 13.7. The second-order valence-electron chi connectivity index (χ2n) is 6.25. The number of rotatable bonds is 3. The summed E-state index contributed by atoms with van der Waals surface area (Å²) in [7, 11) is 0. The first-order valence-corrected chi connectivity index (χ1v) is 8.67. The molecule has 1 unspecified atom stereocenters. The van der Waals surface area contributed by atoms with E-state index in [2.05, 4.69) is 27.3 Å². The summed E-state index contributed by atoms with van der Waals surface area (Å²) in [6.45, 7) is 4.40. The molecule has 1 N–H and O–H groups in total. The maximum atomic E-state index is 12.5. The molecule has 2 amide bonds. The molecule has 1 heterocycles. The average molecular weight is 387 g/mol. The maximum absolute atomic E-state index is 12.5. The van der Waals surface area contributed by atoms with Gasteiger partial charge in [-0.3, -0.25) is 9.59 Å². The van der Waals surface area contributed by atoms with Gasteiger partial charge in [0.05, 0.1) is 5.92 Å². The van der Waals surface area contributed by atoms with Gasteiger partial charge < -0.3 is 10.2 Å². The molecular weight excluding hydrogens is 368 g/mol. The number of amides is 2. The summed E-state index contributed by atoms with van der Waals surface area (Å²) < 4.78 is 0.913. The predicted molar refractivity (Wildman–Crippen MR) is 99.1 cm³/mol. The standard InChI is InChI=1S/C19H19BrN2O2/c1-12-6-13(2)8-16(7-12)21-19(24)14-9-18(23)22(11-14)17-5-3-4-15(20)10-17/h3-8,10,14H,9,11H2,1-2H3,(H,21,24). The van der Waals surface area contributed by atoms with Crippen LogP contribution in [0.3, 0.4) is 0 Å². The van der Waals surface area contributed by atoms with E-state index in [9.17, 15) is 9.59 Å². The van der Waals surface area contributed by atoms with Gasteiger partial charge in [-0.05, 0) is 55.3 Å². The Morgan fingerprint density at radius 3 is 2.54 bits per heavy atom. The highest BCUT2D eigenvalue weighted by Crippen LogP contribution is 2.28. The van der Waals surface area contributed by atoms with E-state index in [4.69, 9.17) is 0 Å². The van der Waals surface area contributed by atoms with Crippen molar-refractivity contribution >= 4 is 39.1 Å². The molecule has 24 heavy (non-hydrogen) atoms. The van der Waals surface area contributed by atoms with Crippen LogP contribution in [-0.4, -0.2) is 18.4 Å². The number of carbonyl (C=O) groups is 2. The van der Waals surface area contributed by atoms with E-state index in [0.29, 0.717) is 6.54 Å². The molecule has 124 valence electrons. The first kappa shape index (κ1) is 16.7. The van der Waals surface area contributed by atoms with Crippen molar-refractivity contribution in [3.05, 3.63) is 58.1 Å². The number of anilines is 2. The highest BCUT2D eigenvalue weighted by molar-refractivity contribution is 9.10. The Kier molecular flexibility index (Phi) is 4.71. The van der Waals surface area contributed by atoms with Gasteiger partial charge >= 0.3 is 0 Å². The zero-order chi connectivity index (χ0) is 17.3. The Hall–Kier alpha value is -2.14. The van der Waals surface area contributed by atoms with Crippen molar-refractivity contribution in [2.24, 2.45) is 5.92 Å². The van der Waals surface area contributed by atoms with Gasteiger partial charge in [0.2, 0.25) is 11.8 Å². The highest BCUT2D eigenvalue weighted by atomic mass is 79.9. The molecule has 5 heteroatoms. The third-order valence-corrected chi connectivity index (χ3v) is 4.60. The maximum Gasteiger partial charge on any atom is 0.229 e. The number of nitrogens with one attached hydrogen (secondary N) is 1. The molecule has 0 spiro atoms. The van der Waals surface area contributed by atoms with E-state index in [-0.39, 0.29) is 24.2 Å². The lowest BCUT2D eigenvalue weighted by atomic mass is 10.1. The minimum absolute atomic E-state index is 0.0197. The fraction of sp³-hybridized carbons (Fsp3) is 0.263. The van der Waals surface area contributed by atoms with Crippen LogP contribution in [-0.2, 0) is 9.59 Å². The molecule has 0 aromatic heterocycles. The topological polar surface area (TPSA) is 49.4 Å². The fourth-order valence-corrected chi connectivity index (χ4v) is 3.46. The first-order valence-electron chi connectivity index (χ1n) is 7.87. The lowest BCUT2D eigenvalue weighted by Gasteiger charge is -2.17. The first-order chi connectivity index (χ1) is 11.4. The van der Waals surface area contributed by atoms with Crippen LogP contribution in [0.5, 0.6) is 0 Å². The van der Waals surface area contributed by atoms with Gasteiger partial charge in [0.25, 0.3) is 0 Å². The molecule has 3 rings (SSSR count). The number of hydrogen-bond donors (Lipinski definition) is 1. The minimum Gasteiger partial charge on any atom is -0.326 e. The number of hydrogen-bond acceptors (Lipinski definition) is 2. The second-order valence-corrected chi connectivity index (χ2v) is 7.17. The molecule has 2 aromatic carbocycles.